The number of nitrogens with one attached hydrogen (secondary N) is 1. The zero-order valence-electron chi connectivity index (χ0n) is 21.5. The van der Waals surface area contributed by atoms with E-state index in [0.29, 0.717) is 12.5 Å². The van der Waals surface area contributed by atoms with Gasteiger partial charge in [0.15, 0.2) is 0 Å². The fraction of sp³-hybridized carbons (Fsp3) is 0.633. The topological polar surface area (TPSA) is 34.0 Å². The molecule has 1 amide bonds. The molecule has 0 radical (unpaired) electrons. The molecule has 5 rings (SSSR count). The van der Waals surface area contributed by atoms with E-state index in [4.69, 9.17) is 0 Å². The van der Waals surface area contributed by atoms with Crippen molar-refractivity contribution in [2.45, 2.75) is 115 Å². The predicted molar refractivity (Wildman–Crippen MR) is 137 cm³/mol. The van der Waals surface area contributed by atoms with E-state index in [1.54, 1.807) is 0 Å². The Bertz CT molecular complexity index is 1040. The lowest BCUT2D eigenvalue weighted by Gasteiger charge is -2.26. The molecule has 0 bridgehead atoms. The van der Waals surface area contributed by atoms with Crippen molar-refractivity contribution in [2.75, 3.05) is 0 Å². The minimum atomic E-state index is -0.363. The van der Waals surface area contributed by atoms with E-state index in [-0.39, 0.29) is 34.3 Å². The van der Waals surface area contributed by atoms with Gasteiger partial charge in [0.25, 0.3) is 5.91 Å². The number of rotatable bonds is 6. The standard InChI is InChI=1S/C30H41FN2O/c1-29(2,3)22-15-21(16-23(17-22)30(4)13-14-30)26-18-25(28(34)32-24-11-8-12-24)27(31)33(26)19-20-9-6-5-7-10-20/h15-18,20,24H,5-14,19H2,1-4H3,(H,32,34). The van der Waals surface area contributed by atoms with Crippen LogP contribution in [-0.4, -0.2) is 16.5 Å². The summed E-state index contributed by atoms with van der Waals surface area (Å²) in [6, 6.07) is 8.87. The number of aromatic nitrogens is 1. The summed E-state index contributed by atoms with van der Waals surface area (Å²) in [6.45, 7) is 9.71. The molecule has 0 saturated heterocycles. The third kappa shape index (κ3) is 4.70. The molecule has 0 atom stereocenters. The highest BCUT2D eigenvalue weighted by molar-refractivity contribution is 5.96. The van der Waals surface area contributed by atoms with E-state index < -0.39 is 0 Å². The Labute approximate surface area is 204 Å². The number of nitrogens with zero attached hydrogens (tertiary/aromatic N) is 1. The largest absolute Gasteiger partial charge is 0.349 e. The first-order valence-electron chi connectivity index (χ1n) is 13.5. The smallest absolute Gasteiger partial charge is 0.256 e. The summed E-state index contributed by atoms with van der Waals surface area (Å²) < 4.78 is 17.8. The van der Waals surface area contributed by atoms with Crippen molar-refractivity contribution in [3.05, 3.63) is 46.9 Å². The molecule has 0 spiro atoms. The van der Waals surface area contributed by atoms with E-state index >= 15 is 4.39 Å². The molecule has 1 heterocycles. The van der Waals surface area contributed by atoms with E-state index in [1.165, 1.54) is 43.2 Å². The van der Waals surface area contributed by atoms with Crippen molar-refractivity contribution in [3.8, 4) is 11.3 Å². The Morgan fingerprint density at radius 1 is 1.03 bits per heavy atom. The van der Waals surface area contributed by atoms with Crippen molar-refractivity contribution in [2.24, 2.45) is 5.92 Å². The van der Waals surface area contributed by atoms with Crippen LogP contribution in [0.2, 0.25) is 0 Å². The maximum atomic E-state index is 15.9. The van der Waals surface area contributed by atoms with Gasteiger partial charge in [0.05, 0.1) is 11.3 Å². The number of benzene rings is 1. The van der Waals surface area contributed by atoms with Gasteiger partial charge in [-0.05, 0) is 96.6 Å². The zero-order chi connectivity index (χ0) is 24.1. The summed E-state index contributed by atoms with van der Waals surface area (Å²) in [7, 11) is 0. The molecule has 4 heteroatoms. The van der Waals surface area contributed by atoms with E-state index in [0.717, 1.165) is 43.4 Å². The average molecular weight is 465 g/mol. The lowest BCUT2D eigenvalue weighted by atomic mass is 9.82. The van der Waals surface area contributed by atoms with Gasteiger partial charge in [-0.3, -0.25) is 4.79 Å². The summed E-state index contributed by atoms with van der Waals surface area (Å²) in [5, 5.41) is 3.06. The second kappa shape index (κ2) is 8.84. The van der Waals surface area contributed by atoms with E-state index in [9.17, 15) is 4.79 Å². The fourth-order valence-corrected chi connectivity index (χ4v) is 5.58. The molecule has 3 nitrogen and oxygen atoms in total. The zero-order valence-corrected chi connectivity index (χ0v) is 21.5. The van der Waals surface area contributed by atoms with Crippen LogP contribution in [0.25, 0.3) is 11.3 Å². The molecular weight excluding hydrogens is 423 g/mol. The van der Waals surface area contributed by atoms with Crippen LogP contribution < -0.4 is 5.32 Å². The van der Waals surface area contributed by atoms with Crippen LogP contribution in [0, 0.1) is 11.9 Å². The Hall–Kier alpha value is -2.10. The van der Waals surface area contributed by atoms with Crippen molar-refractivity contribution < 1.29 is 9.18 Å². The van der Waals surface area contributed by atoms with Crippen LogP contribution in [0.3, 0.4) is 0 Å². The van der Waals surface area contributed by atoms with Crippen LogP contribution in [0.4, 0.5) is 4.39 Å². The SMILES string of the molecule is CC(C)(C)c1cc(-c2cc(C(=O)NC3CCC3)c(F)n2CC2CCCCC2)cc(C2(C)CC2)c1. The maximum Gasteiger partial charge on any atom is 0.256 e. The first-order chi connectivity index (χ1) is 16.1. The molecule has 3 aliphatic carbocycles. The Balaban J connectivity index is 1.58. The number of hydrogen-bond donors (Lipinski definition) is 1. The molecule has 3 saturated carbocycles. The monoisotopic (exact) mass is 464 g/mol. The van der Waals surface area contributed by atoms with Gasteiger partial charge in [-0.25, -0.2) is 0 Å². The molecule has 1 aromatic carbocycles. The summed E-state index contributed by atoms with van der Waals surface area (Å²) in [6.07, 6.45) is 11.6. The predicted octanol–water partition coefficient (Wildman–Crippen LogP) is 7.51. The van der Waals surface area contributed by atoms with Gasteiger partial charge in [0, 0.05) is 12.6 Å². The summed E-state index contributed by atoms with van der Waals surface area (Å²) >= 11 is 0. The van der Waals surface area contributed by atoms with Gasteiger partial charge >= 0.3 is 0 Å². The molecular formula is C30H41FN2O. The molecule has 184 valence electrons. The van der Waals surface area contributed by atoms with Crippen molar-refractivity contribution in [3.63, 3.8) is 0 Å². The lowest BCUT2D eigenvalue weighted by molar-refractivity contribution is 0.0912. The molecule has 0 aliphatic heterocycles. The summed E-state index contributed by atoms with van der Waals surface area (Å²) in [5.41, 5.74) is 4.96. The third-order valence-corrected chi connectivity index (χ3v) is 8.67. The Kier molecular flexibility index (Phi) is 6.14. The number of amides is 1. The van der Waals surface area contributed by atoms with Crippen molar-refractivity contribution in [1.82, 2.24) is 9.88 Å². The molecule has 2 aromatic rings. The molecule has 3 fully saturated rings. The first-order valence-corrected chi connectivity index (χ1v) is 13.5. The normalized spacial score (nSPS) is 20.7. The van der Waals surface area contributed by atoms with Gasteiger partial charge in [-0.1, -0.05) is 53.0 Å². The van der Waals surface area contributed by atoms with Crippen LogP contribution in [-0.2, 0) is 17.4 Å². The molecule has 1 aromatic heterocycles. The van der Waals surface area contributed by atoms with Crippen LogP contribution in [0.1, 0.15) is 113 Å². The van der Waals surface area contributed by atoms with Crippen LogP contribution >= 0.6 is 0 Å². The molecule has 0 unspecified atom stereocenters. The van der Waals surface area contributed by atoms with Crippen molar-refractivity contribution in [1.29, 1.82) is 0 Å². The van der Waals surface area contributed by atoms with Crippen LogP contribution in [0.15, 0.2) is 24.3 Å². The minimum Gasteiger partial charge on any atom is -0.349 e. The van der Waals surface area contributed by atoms with Gasteiger partial charge < -0.3 is 9.88 Å². The quantitative estimate of drug-likeness (QED) is 0.472. The summed E-state index contributed by atoms with van der Waals surface area (Å²) in [4.78, 5) is 13.1. The second-order valence-corrected chi connectivity index (χ2v) is 12.6. The van der Waals surface area contributed by atoms with Crippen LogP contribution in [0.5, 0.6) is 0 Å². The Morgan fingerprint density at radius 3 is 2.32 bits per heavy atom. The first kappa shape index (κ1) is 23.6. The highest BCUT2D eigenvalue weighted by Crippen LogP contribution is 2.49. The van der Waals surface area contributed by atoms with E-state index in [1.807, 2.05) is 10.6 Å². The number of carbonyl (C=O) groups excluding carboxylic acids is 1. The molecule has 3 aliphatic rings. The van der Waals surface area contributed by atoms with Crippen molar-refractivity contribution >= 4 is 5.91 Å². The number of hydrogen-bond acceptors (Lipinski definition) is 1. The molecule has 34 heavy (non-hydrogen) atoms. The highest BCUT2D eigenvalue weighted by Gasteiger charge is 2.40. The fourth-order valence-electron chi connectivity index (χ4n) is 5.58. The average Bonchev–Trinajstić information content (AvgIpc) is 3.45. The third-order valence-electron chi connectivity index (χ3n) is 8.67. The minimum absolute atomic E-state index is 0.000223. The van der Waals surface area contributed by atoms with Gasteiger partial charge in [0.1, 0.15) is 0 Å². The van der Waals surface area contributed by atoms with Gasteiger partial charge in [-0.15, -0.1) is 0 Å². The summed E-state index contributed by atoms with van der Waals surface area (Å²) in [5.74, 6) is -0.145. The highest BCUT2D eigenvalue weighted by atomic mass is 19.1. The van der Waals surface area contributed by atoms with E-state index in [2.05, 4.69) is 51.2 Å². The van der Waals surface area contributed by atoms with Gasteiger partial charge in [-0.2, -0.15) is 4.39 Å². The second-order valence-electron chi connectivity index (χ2n) is 12.6. The Morgan fingerprint density at radius 2 is 1.74 bits per heavy atom. The molecule has 1 N–H and O–H groups in total. The number of carbonyl (C=O) groups is 1. The maximum absolute atomic E-state index is 15.9. The lowest BCUT2D eigenvalue weighted by Crippen LogP contribution is -2.39. The number of halogens is 1. The van der Waals surface area contributed by atoms with Gasteiger partial charge in [0.2, 0.25) is 5.95 Å².